The topological polar surface area (TPSA) is 85.6 Å². The van der Waals surface area contributed by atoms with E-state index in [-0.39, 0.29) is 18.0 Å². The fraction of sp³-hybridized carbons (Fsp3) is 0.250. The van der Waals surface area contributed by atoms with Crippen molar-refractivity contribution < 1.29 is 30.7 Å². The zero-order valence-electron chi connectivity index (χ0n) is 16.3. The number of nitrogens with one attached hydrogen (secondary N) is 1. The number of rotatable bonds is 5. The molecule has 0 saturated heterocycles. The minimum atomic E-state index is -5.52. The fourth-order valence-electron chi connectivity index (χ4n) is 2.99. The van der Waals surface area contributed by atoms with Gasteiger partial charge in [0.15, 0.2) is 0 Å². The largest absolute Gasteiger partial charge is 0.501 e. The maximum absolute atomic E-state index is 12.9. The van der Waals surface area contributed by atoms with Gasteiger partial charge in [0.2, 0.25) is 0 Å². The molecule has 1 aromatic heterocycles. The van der Waals surface area contributed by atoms with Gasteiger partial charge in [-0.1, -0.05) is 12.1 Å². The van der Waals surface area contributed by atoms with Crippen molar-refractivity contribution in [3.63, 3.8) is 0 Å². The summed E-state index contributed by atoms with van der Waals surface area (Å²) in [7, 11) is -4.22. The molecule has 0 fully saturated rings. The average molecular weight is 441 g/mol. The summed E-state index contributed by atoms with van der Waals surface area (Å²) in [6, 6.07) is 7.71. The van der Waals surface area contributed by atoms with Gasteiger partial charge < -0.3 is 14.5 Å². The van der Waals surface area contributed by atoms with Gasteiger partial charge in [-0.2, -0.15) is 13.2 Å². The van der Waals surface area contributed by atoms with Gasteiger partial charge in [-0.05, 0) is 48.7 Å². The van der Waals surface area contributed by atoms with E-state index in [1.165, 1.54) is 13.2 Å². The quantitative estimate of drug-likeness (QED) is 0.594. The highest BCUT2D eigenvalue weighted by Crippen LogP contribution is 2.35. The number of alkyl halides is 3. The Morgan fingerprint density at radius 2 is 1.80 bits per heavy atom. The van der Waals surface area contributed by atoms with Gasteiger partial charge in [0.1, 0.15) is 11.3 Å². The molecule has 0 saturated carbocycles. The third kappa shape index (κ3) is 3.87. The molecule has 1 N–H and O–H groups in total. The van der Waals surface area contributed by atoms with E-state index in [0.717, 1.165) is 29.3 Å². The summed E-state index contributed by atoms with van der Waals surface area (Å²) in [6.45, 7) is 3.71. The molecular formula is C20H18F3NO5S. The summed E-state index contributed by atoms with van der Waals surface area (Å²) >= 11 is 0. The van der Waals surface area contributed by atoms with E-state index in [1.54, 1.807) is 6.07 Å². The lowest BCUT2D eigenvalue weighted by atomic mass is 10.0. The number of methoxy groups -OCH3 is 1. The molecule has 30 heavy (non-hydrogen) atoms. The van der Waals surface area contributed by atoms with Gasteiger partial charge in [-0.3, -0.25) is 0 Å². The molecule has 0 atom stereocenters. The number of halogens is 3. The molecule has 3 aromatic rings. The van der Waals surface area contributed by atoms with E-state index in [9.17, 15) is 26.4 Å². The van der Waals surface area contributed by atoms with Crippen LogP contribution in [0.25, 0.3) is 11.0 Å². The second-order valence-corrected chi connectivity index (χ2v) is 8.58. The molecule has 2 aromatic carbocycles. The summed E-state index contributed by atoms with van der Waals surface area (Å²) in [5.41, 5.74) is -3.29. The van der Waals surface area contributed by atoms with E-state index >= 15 is 0 Å². The maximum atomic E-state index is 12.9. The Bertz CT molecular complexity index is 1280. The van der Waals surface area contributed by atoms with E-state index in [1.807, 2.05) is 19.9 Å². The average Bonchev–Trinajstić information content (AvgIpc) is 2.68. The van der Waals surface area contributed by atoms with Crippen molar-refractivity contribution in [3.8, 4) is 5.75 Å². The van der Waals surface area contributed by atoms with Gasteiger partial charge >= 0.3 is 11.1 Å². The number of ether oxygens (including phenoxy) is 1. The molecule has 6 nitrogen and oxygen atoms in total. The lowest BCUT2D eigenvalue weighted by Gasteiger charge is -2.15. The molecule has 0 aliphatic carbocycles. The molecule has 1 heterocycles. The lowest BCUT2D eigenvalue weighted by Crippen LogP contribution is -2.23. The minimum absolute atomic E-state index is 0.0243. The normalized spacial score (nSPS) is 12.2. The van der Waals surface area contributed by atoms with E-state index in [4.69, 9.17) is 9.15 Å². The summed E-state index contributed by atoms with van der Waals surface area (Å²) < 4.78 is 72.5. The van der Waals surface area contributed by atoms with Crippen LogP contribution >= 0.6 is 0 Å². The maximum Gasteiger partial charge on any atom is 0.501 e. The SMILES string of the molecule is COc1ccc(S(=O)(=O)C(F)(F)F)cc1NCc1cc(=O)oc2c(C)c(C)ccc12. The Morgan fingerprint density at radius 3 is 2.43 bits per heavy atom. The van der Waals surface area contributed by atoms with Crippen molar-refractivity contribution in [2.45, 2.75) is 30.8 Å². The first-order chi connectivity index (χ1) is 14.0. The van der Waals surface area contributed by atoms with Crippen LogP contribution in [0, 0.1) is 13.8 Å². The third-order valence-electron chi connectivity index (χ3n) is 4.77. The highest BCUT2D eigenvalue weighted by Gasteiger charge is 2.47. The van der Waals surface area contributed by atoms with Crippen LogP contribution in [0.4, 0.5) is 18.9 Å². The number of anilines is 1. The van der Waals surface area contributed by atoms with Crippen molar-refractivity contribution in [3.05, 3.63) is 63.5 Å². The monoisotopic (exact) mass is 441 g/mol. The molecule has 0 spiro atoms. The Hall–Kier alpha value is -3.01. The number of hydrogen-bond acceptors (Lipinski definition) is 6. The summed E-state index contributed by atoms with van der Waals surface area (Å²) in [6.07, 6.45) is 0. The number of fused-ring (bicyclic) bond motifs is 1. The van der Waals surface area contributed by atoms with Crippen molar-refractivity contribution in [2.24, 2.45) is 0 Å². The predicted molar refractivity (Wildman–Crippen MR) is 106 cm³/mol. The van der Waals surface area contributed by atoms with Gasteiger partial charge in [-0.15, -0.1) is 0 Å². The first-order valence-corrected chi connectivity index (χ1v) is 10.2. The molecule has 0 aliphatic heterocycles. The Morgan fingerprint density at radius 1 is 1.10 bits per heavy atom. The molecule has 0 amide bonds. The first-order valence-electron chi connectivity index (χ1n) is 8.72. The fourth-order valence-corrected chi connectivity index (χ4v) is 3.77. The Labute approximate surface area is 170 Å². The first kappa shape index (κ1) is 21.7. The highest BCUT2D eigenvalue weighted by molar-refractivity contribution is 7.92. The summed E-state index contributed by atoms with van der Waals surface area (Å²) in [4.78, 5) is 11.1. The predicted octanol–water partition coefficient (Wildman–Crippen LogP) is 4.32. The number of aryl methyl sites for hydroxylation is 2. The molecule has 0 radical (unpaired) electrons. The van der Waals surface area contributed by atoms with Gasteiger partial charge in [0, 0.05) is 18.0 Å². The number of hydrogen-bond donors (Lipinski definition) is 1. The zero-order chi connectivity index (χ0) is 22.3. The van der Waals surface area contributed by atoms with Crippen LogP contribution in [-0.2, 0) is 16.4 Å². The van der Waals surface area contributed by atoms with Gasteiger partial charge in [0.25, 0.3) is 9.84 Å². The molecule has 10 heteroatoms. The van der Waals surface area contributed by atoms with Crippen molar-refractivity contribution in [1.82, 2.24) is 0 Å². The highest BCUT2D eigenvalue weighted by atomic mass is 32.2. The van der Waals surface area contributed by atoms with Gasteiger partial charge in [-0.25, -0.2) is 13.2 Å². The number of sulfone groups is 1. The van der Waals surface area contributed by atoms with Crippen molar-refractivity contribution in [1.29, 1.82) is 0 Å². The van der Waals surface area contributed by atoms with E-state index < -0.39 is 25.9 Å². The van der Waals surface area contributed by atoms with Crippen LogP contribution in [0.5, 0.6) is 5.75 Å². The second kappa shape index (κ2) is 7.67. The molecule has 3 rings (SSSR count). The smallest absolute Gasteiger partial charge is 0.495 e. The van der Waals surface area contributed by atoms with Crippen LogP contribution in [0.3, 0.4) is 0 Å². The van der Waals surface area contributed by atoms with Crippen LogP contribution in [-0.4, -0.2) is 21.0 Å². The minimum Gasteiger partial charge on any atom is -0.495 e. The molecular weight excluding hydrogens is 423 g/mol. The lowest BCUT2D eigenvalue weighted by molar-refractivity contribution is -0.0436. The number of benzene rings is 2. The standard InChI is InChI=1S/C20H18F3NO5S/c1-11-4-6-15-13(8-18(25)29-19(15)12(11)2)10-24-16-9-14(5-7-17(16)28-3)30(26,27)20(21,22)23/h4-9,24H,10H2,1-3H3. The van der Waals surface area contributed by atoms with E-state index in [2.05, 4.69) is 5.32 Å². The van der Waals surface area contributed by atoms with E-state index in [0.29, 0.717) is 16.5 Å². The second-order valence-electron chi connectivity index (χ2n) is 6.64. The van der Waals surface area contributed by atoms with Crippen LogP contribution in [0.15, 0.2) is 50.5 Å². The van der Waals surface area contributed by atoms with Crippen LogP contribution in [0.1, 0.15) is 16.7 Å². The molecule has 0 unspecified atom stereocenters. The van der Waals surface area contributed by atoms with Crippen molar-refractivity contribution in [2.75, 3.05) is 12.4 Å². The molecule has 160 valence electrons. The zero-order valence-corrected chi connectivity index (χ0v) is 17.1. The van der Waals surface area contributed by atoms with Crippen LogP contribution in [0.2, 0.25) is 0 Å². The Kier molecular flexibility index (Phi) is 5.55. The van der Waals surface area contributed by atoms with Gasteiger partial charge in [0.05, 0.1) is 17.7 Å². The van der Waals surface area contributed by atoms with Crippen molar-refractivity contribution >= 4 is 26.5 Å². The summed E-state index contributed by atoms with van der Waals surface area (Å²) in [5, 5.41) is 3.52. The Balaban J connectivity index is 2.03. The third-order valence-corrected chi connectivity index (χ3v) is 6.26. The summed E-state index contributed by atoms with van der Waals surface area (Å²) in [5.74, 6) is 0.149. The molecule has 0 bridgehead atoms. The van der Waals surface area contributed by atoms with Crippen LogP contribution < -0.4 is 15.7 Å². The molecule has 0 aliphatic rings.